The van der Waals surface area contributed by atoms with E-state index in [1.165, 1.54) is 0 Å². The van der Waals surface area contributed by atoms with Gasteiger partial charge in [-0.1, -0.05) is 12.1 Å². The van der Waals surface area contributed by atoms with Gasteiger partial charge in [0, 0.05) is 5.56 Å². The van der Waals surface area contributed by atoms with Gasteiger partial charge in [0.25, 0.3) is 0 Å². The maximum Gasteiger partial charge on any atom is 0.411 e. The second-order valence-corrected chi connectivity index (χ2v) is 2.57. The molecule has 2 radical (unpaired) electrons. The SMILES string of the molecule is [CH]c1cccc2c1COC(=O)N2. The third-order valence-electron chi connectivity index (χ3n) is 1.80. The highest BCUT2D eigenvalue weighted by molar-refractivity contribution is 5.87. The number of ether oxygens (including phenoxy) is 1. The number of hydrogen-bond acceptors (Lipinski definition) is 2. The normalized spacial score (nSPS) is 14.6. The summed E-state index contributed by atoms with van der Waals surface area (Å²) in [5.74, 6) is 0. The van der Waals surface area contributed by atoms with Crippen LogP contribution in [0.3, 0.4) is 0 Å². The molecule has 1 aromatic carbocycles. The van der Waals surface area contributed by atoms with Crippen LogP contribution in [0.15, 0.2) is 18.2 Å². The second kappa shape index (κ2) is 2.52. The average Bonchev–Trinajstić information content (AvgIpc) is 2.04. The first-order valence-electron chi connectivity index (χ1n) is 3.58. The number of carbonyl (C=O) groups excluding carboxylic acids is 1. The molecular formula is C9H7NO2. The summed E-state index contributed by atoms with van der Waals surface area (Å²) in [6.45, 7) is 5.91. The number of amides is 1. The minimum absolute atomic E-state index is 0.258. The molecule has 0 bridgehead atoms. The number of rotatable bonds is 0. The first kappa shape index (κ1) is 7.16. The molecule has 1 aliphatic rings. The lowest BCUT2D eigenvalue weighted by atomic mass is 10.1. The summed E-state index contributed by atoms with van der Waals surface area (Å²) in [7, 11) is 0. The summed E-state index contributed by atoms with van der Waals surface area (Å²) in [5.41, 5.74) is 2.23. The first-order valence-corrected chi connectivity index (χ1v) is 3.58. The van der Waals surface area contributed by atoms with Crippen molar-refractivity contribution in [1.82, 2.24) is 0 Å². The van der Waals surface area contributed by atoms with Gasteiger partial charge in [0.05, 0.1) is 5.69 Å². The molecule has 0 fully saturated rings. The Morgan fingerprint density at radius 1 is 1.50 bits per heavy atom. The molecule has 1 N–H and O–H groups in total. The molecule has 0 atom stereocenters. The van der Waals surface area contributed by atoms with Gasteiger partial charge in [-0.15, -0.1) is 0 Å². The van der Waals surface area contributed by atoms with E-state index in [1.807, 2.05) is 0 Å². The number of nitrogens with one attached hydrogen (secondary N) is 1. The Morgan fingerprint density at radius 2 is 2.33 bits per heavy atom. The average molecular weight is 161 g/mol. The van der Waals surface area contributed by atoms with Gasteiger partial charge in [-0.3, -0.25) is 5.32 Å². The summed E-state index contributed by atoms with van der Waals surface area (Å²) in [6.07, 6.45) is -0.423. The summed E-state index contributed by atoms with van der Waals surface area (Å²) in [4.78, 5) is 10.8. The minimum Gasteiger partial charge on any atom is -0.444 e. The number of benzene rings is 1. The summed E-state index contributed by atoms with van der Waals surface area (Å²) >= 11 is 0. The number of hydrogen-bond donors (Lipinski definition) is 1. The third kappa shape index (κ3) is 1.03. The molecule has 1 amide bonds. The summed E-state index contributed by atoms with van der Waals surface area (Å²) < 4.78 is 4.76. The van der Waals surface area contributed by atoms with Crippen molar-refractivity contribution in [3.63, 3.8) is 0 Å². The number of fused-ring (bicyclic) bond motifs is 1. The third-order valence-corrected chi connectivity index (χ3v) is 1.80. The molecule has 0 saturated heterocycles. The lowest BCUT2D eigenvalue weighted by Gasteiger charge is -2.18. The van der Waals surface area contributed by atoms with Crippen LogP contribution in [-0.2, 0) is 11.3 Å². The zero-order valence-corrected chi connectivity index (χ0v) is 6.33. The van der Waals surface area contributed by atoms with Crippen LogP contribution in [0.25, 0.3) is 0 Å². The molecule has 3 heteroatoms. The maximum absolute atomic E-state index is 10.8. The van der Waals surface area contributed by atoms with E-state index in [2.05, 4.69) is 5.32 Å². The summed E-state index contributed by atoms with van der Waals surface area (Å²) in [5, 5.41) is 2.56. The van der Waals surface area contributed by atoms with Crippen molar-refractivity contribution < 1.29 is 9.53 Å². The van der Waals surface area contributed by atoms with E-state index in [1.54, 1.807) is 18.2 Å². The van der Waals surface area contributed by atoms with Crippen molar-refractivity contribution in [1.29, 1.82) is 0 Å². The van der Waals surface area contributed by atoms with E-state index in [9.17, 15) is 4.79 Å². The smallest absolute Gasteiger partial charge is 0.411 e. The predicted octanol–water partition coefficient (Wildman–Crippen LogP) is 1.81. The van der Waals surface area contributed by atoms with E-state index >= 15 is 0 Å². The fourth-order valence-electron chi connectivity index (χ4n) is 1.17. The molecule has 1 aromatic rings. The zero-order valence-electron chi connectivity index (χ0n) is 6.33. The Labute approximate surface area is 70.3 Å². The van der Waals surface area contributed by atoms with Crippen LogP contribution in [-0.4, -0.2) is 6.09 Å². The Hall–Kier alpha value is -1.51. The van der Waals surface area contributed by atoms with E-state index in [0.29, 0.717) is 5.56 Å². The van der Waals surface area contributed by atoms with Gasteiger partial charge in [-0.05, 0) is 18.6 Å². The van der Waals surface area contributed by atoms with Gasteiger partial charge in [0.2, 0.25) is 0 Å². The monoisotopic (exact) mass is 161 g/mol. The van der Waals surface area contributed by atoms with Crippen LogP contribution in [0.4, 0.5) is 10.5 Å². The molecule has 3 nitrogen and oxygen atoms in total. The highest BCUT2D eigenvalue weighted by atomic mass is 16.5. The van der Waals surface area contributed by atoms with Crippen LogP contribution in [0.5, 0.6) is 0 Å². The van der Waals surface area contributed by atoms with E-state index in [0.717, 1.165) is 11.3 Å². The molecule has 0 aliphatic carbocycles. The van der Waals surface area contributed by atoms with Gasteiger partial charge in [0.15, 0.2) is 0 Å². The van der Waals surface area contributed by atoms with E-state index in [-0.39, 0.29) is 6.61 Å². The fraction of sp³-hybridized carbons (Fsp3) is 0.111. The predicted molar refractivity (Wildman–Crippen MR) is 43.7 cm³/mol. The Morgan fingerprint density at radius 3 is 3.17 bits per heavy atom. The molecule has 2 rings (SSSR count). The maximum atomic E-state index is 10.8. The highest BCUT2D eigenvalue weighted by Crippen LogP contribution is 2.23. The van der Waals surface area contributed by atoms with Gasteiger partial charge >= 0.3 is 6.09 Å². The summed E-state index contributed by atoms with van der Waals surface area (Å²) in [6, 6.07) is 5.37. The van der Waals surface area contributed by atoms with E-state index in [4.69, 9.17) is 11.7 Å². The first-order chi connectivity index (χ1) is 5.77. The highest BCUT2D eigenvalue weighted by Gasteiger charge is 2.16. The molecule has 0 unspecified atom stereocenters. The lowest BCUT2D eigenvalue weighted by Crippen LogP contribution is -2.20. The van der Waals surface area contributed by atoms with E-state index < -0.39 is 6.09 Å². The largest absolute Gasteiger partial charge is 0.444 e. The Bertz CT molecular complexity index is 333. The van der Waals surface area contributed by atoms with Crippen LogP contribution in [0, 0.1) is 6.92 Å². The van der Waals surface area contributed by atoms with Crippen LogP contribution < -0.4 is 5.32 Å². The fourth-order valence-corrected chi connectivity index (χ4v) is 1.17. The topological polar surface area (TPSA) is 38.3 Å². The van der Waals surface area contributed by atoms with Crippen molar-refractivity contribution in [2.75, 3.05) is 5.32 Å². The van der Waals surface area contributed by atoms with Crippen molar-refractivity contribution >= 4 is 11.8 Å². The van der Waals surface area contributed by atoms with Gasteiger partial charge < -0.3 is 4.74 Å². The second-order valence-electron chi connectivity index (χ2n) is 2.57. The van der Waals surface area contributed by atoms with Crippen molar-refractivity contribution in [2.45, 2.75) is 6.61 Å². The molecule has 12 heavy (non-hydrogen) atoms. The van der Waals surface area contributed by atoms with Gasteiger partial charge in [-0.2, -0.15) is 0 Å². The van der Waals surface area contributed by atoms with Crippen molar-refractivity contribution in [3.8, 4) is 0 Å². The van der Waals surface area contributed by atoms with Crippen LogP contribution >= 0.6 is 0 Å². The van der Waals surface area contributed by atoms with Crippen molar-refractivity contribution in [3.05, 3.63) is 36.2 Å². The molecule has 60 valence electrons. The number of cyclic esters (lactones) is 1. The standard InChI is InChI=1S/C9H7NO2/c1-6-3-2-4-8-7(6)5-12-9(11)10-8/h1-4H,5H2,(H,10,11). The molecule has 0 spiro atoms. The molecular weight excluding hydrogens is 154 g/mol. The quantitative estimate of drug-likeness (QED) is 0.630. The number of carbonyl (C=O) groups is 1. The van der Waals surface area contributed by atoms with Crippen LogP contribution in [0.1, 0.15) is 11.1 Å². The Kier molecular flexibility index (Phi) is 1.50. The molecule has 1 heterocycles. The van der Waals surface area contributed by atoms with Gasteiger partial charge in [-0.25, -0.2) is 4.79 Å². The van der Waals surface area contributed by atoms with Crippen molar-refractivity contribution in [2.24, 2.45) is 0 Å². The lowest BCUT2D eigenvalue weighted by molar-refractivity contribution is 0.151. The number of anilines is 1. The molecule has 0 saturated carbocycles. The van der Waals surface area contributed by atoms with Gasteiger partial charge in [0.1, 0.15) is 6.61 Å². The minimum atomic E-state index is -0.423. The van der Waals surface area contributed by atoms with Crippen LogP contribution in [0.2, 0.25) is 0 Å². The zero-order chi connectivity index (χ0) is 8.55. The molecule has 1 aliphatic heterocycles. The molecule has 0 aromatic heterocycles. The Balaban J connectivity index is 2.48.